The van der Waals surface area contributed by atoms with Crippen LogP contribution >= 0.6 is 0 Å². The van der Waals surface area contributed by atoms with Gasteiger partial charge in [0, 0.05) is 53.2 Å². The van der Waals surface area contributed by atoms with Crippen molar-refractivity contribution in [3.8, 4) is 0 Å². The quantitative estimate of drug-likeness (QED) is 0.739. The van der Waals surface area contributed by atoms with Crippen molar-refractivity contribution in [1.29, 1.82) is 0 Å². The second-order valence-corrected chi connectivity index (χ2v) is 10.5. The Hall–Kier alpha value is -2.10. The molecule has 162 valence electrons. The van der Waals surface area contributed by atoms with Crippen LogP contribution in [-0.2, 0) is 15.0 Å². The molecule has 1 N–H and O–H groups in total. The minimum absolute atomic E-state index is 0.0112. The number of amides is 1. The third-order valence-electron chi connectivity index (χ3n) is 8.10. The van der Waals surface area contributed by atoms with Gasteiger partial charge in [0.25, 0.3) is 0 Å². The van der Waals surface area contributed by atoms with Crippen LogP contribution in [0, 0.1) is 11.8 Å². The first-order valence-corrected chi connectivity index (χ1v) is 11.6. The molecule has 2 heterocycles. The number of hydrogen-bond acceptors (Lipinski definition) is 3. The van der Waals surface area contributed by atoms with Crippen molar-refractivity contribution in [1.82, 2.24) is 10.2 Å². The first-order chi connectivity index (χ1) is 14.2. The summed E-state index contributed by atoms with van der Waals surface area (Å²) < 4.78 is 0. The number of fused-ring (bicyclic) bond motifs is 1. The van der Waals surface area contributed by atoms with Gasteiger partial charge in [-0.05, 0) is 45.1 Å². The van der Waals surface area contributed by atoms with Gasteiger partial charge in [0.2, 0.25) is 5.91 Å². The van der Waals surface area contributed by atoms with Gasteiger partial charge in [-0.15, -0.1) is 0 Å². The summed E-state index contributed by atoms with van der Waals surface area (Å²) in [5.74, 6) is 0.754. The van der Waals surface area contributed by atoms with Gasteiger partial charge < -0.3 is 10.2 Å². The van der Waals surface area contributed by atoms with Gasteiger partial charge in [0.15, 0.2) is 5.78 Å². The van der Waals surface area contributed by atoms with E-state index < -0.39 is 0 Å². The van der Waals surface area contributed by atoms with E-state index in [1.807, 2.05) is 17.0 Å². The third kappa shape index (κ3) is 3.70. The molecule has 0 radical (unpaired) electrons. The Morgan fingerprint density at radius 1 is 0.967 bits per heavy atom. The Balaban J connectivity index is 1.48. The predicted octanol–water partition coefficient (Wildman–Crippen LogP) is 4.68. The minimum atomic E-state index is -0.162. The Morgan fingerprint density at radius 2 is 1.60 bits per heavy atom. The Morgan fingerprint density at radius 3 is 2.27 bits per heavy atom. The van der Waals surface area contributed by atoms with Crippen LogP contribution in [0.4, 0.5) is 0 Å². The fraction of sp³-hybridized carbons (Fsp3) is 0.615. The van der Waals surface area contributed by atoms with Gasteiger partial charge in [-0.2, -0.15) is 0 Å². The third-order valence-corrected chi connectivity index (χ3v) is 8.10. The van der Waals surface area contributed by atoms with Crippen molar-refractivity contribution in [3.05, 3.63) is 41.5 Å². The molecule has 1 aromatic carbocycles. The molecule has 4 heteroatoms. The second-order valence-electron chi connectivity index (χ2n) is 10.5. The average Bonchev–Trinajstić information content (AvgIpc) is 3.26. The number of piperidine rings is 1. The minimum Gasteiger partial charge on any atom is -0.379 e. The molecule has 0 bridgehead atoms. The van der Waals surface area contributed by atoms with Gasteiger partial charge in [-0.25, -0.2) is 0 Å². The lowest BCUT2D eigenvalue weighted by Gasteiger charge is -2.49. The van der Waals surface area contributed by atoms with E-state index in [9.17, 15) is 9.59 Å². The molecule has 2 aliphatic heterocycles. The summed E-state index contributed by atoms with van der Waals surface area (Å²) in [5.41, 5.74) is 3.14. The maximum absolute atomic E-state index is 13.2. The molecule has 1 saturated heterocycles. The number of rotatable bonds is 3. The molecule has 0 unspecified atom stereocenters. The van der Waals surface area contributed by atoms with Crippen molar-refractivity contribution in [2.75, 3.05) is 13.1 Å². The van der Waals surface area contributed by atoms with Crippen LogP contribution in [0.1, 0.15) is 77.3 Å². The van der Waals surface area contributed by atoms with E-state index in [-0.39, 0.29) is 28.6 Å². The summed E-state index contributed by atoms with van der Waals surface area (Å²) >= 11 is 0. The maximum atomic E-state index is 13.2. The average molecular weight is 409 g/mol. The van der Waals surface area contributed by atoms with E-state index in [1.165, 1.54) is 18.4 Å². The zero-order valence-electron chi connectivity index (χ0n) is 19.0. The molecule has 2 fully saturated rings. The highest BCUT2D eigenvalue weighted by Crippen LogP contribution is 2.43. The summed E-state index contributed by atoms with van der Waals surface area (Å²) in [6, 6.07) is 8.42. The van der Waals surface area contributed by atoms with Crippen molar-refractivity contribution in [3.63, 3.8) is 0 Å². The van der Waals surface area contributed by atoms with E-state index in [2.05, 4.69) is 51.2 Å². The number of ketones is 1. The van der Waals surface area contributed by atoms with Crippen LogP contribution in [0.25, 0.3) is 5.70 Å². The van der Waals surface area contributed by atoms with Crippen molar-refractivity contribution in [2.45, 2.75) is 77.2 Å². The number of carbonyl (C=O) groups is 2. The highest BCUT2D eigenvalue weighted by Gasteiger charge is 2.44. The first kappa shape index (κ1) is 21.1. The molecule has 1 aromatic rings. The number of carbonyl (C=O) groups excluding carboxylic acids is 2. The molecule has 4 rings (SSSR count). The van der Waals surface area contributed by atoms with Crippen LogP contribution in [0.3, 0.4) is 0 Å². The number of nitrogens with zero attached hydrogens (tertiary/aromatic N) is 1. The van der Waals surface area contributed by atoms with E-state index in [4.69, 9.17) is 0 Å². The van der Waals surface area contributed by atoms with Gasteiger partial charge >= 0.3 is 0 Å². The van der Waals surface area contributed by atoms with Crippen molar-refractivity contribution in [2.24, 2.45) is 11.8 Å². The number of likely N-dealkylation sites (tertiary alicyclic amines) is 1. The summed E-state index contributed by atoms with van der Waals surface area (Å²) in [6.07, 6.45) is 7.83. The van der Waals surface area contributed by atoms with Crippen LogP contribution in [-0.4, -0.2) is 35.2 Å². The van der Waals surface area contributed by atoms with Gasteiger partial charge in [-0.1, -0.05) is 51.0 Å². The molecule has 1 aliphatic carbocycles. The van der Waals surface area contributed by atoms with Gasteiger partial charge in [0.1, 0.15) is 0 Å². The van der Waals surface area contributed by atoms with Gasteiger partial charge in [0.05, 0.1) is 0 Å². The number of benzene rings is 1. The summed E-state index contributed by atoms with van der Waals surface area (Å²) in [6.45, 7) is 10.4. The van der Waals surface area contributed by atoms with Crippen LogP contribution in [0.5, 0.6) is 0 Å². The second kappa shape index (κ2) is 7.86. The summed E-state index contributed by atoms with van der Waals surface area (Å²) in [5, 5.41) is 3.65. The molecule has 3 aliphatic rings. The normalized spacial score (nSPS) is 25.1. The van der Waals surface area contributed by atoms with Crippen molar-refractivity contribution < 1.29 is 9.59 Å². The van der Waals surface area contributed by atoms with E-state index in [1.54, 1.807) is 0 Å². The highest BCUT2D eigenvalue weighted by molar-refractivity contribution is 5.99. The molecule has 1 saturated carbocycles. The van der Waals surface area contributed by atoms with E-state index in [0.29, 0.717) is 5.91 Å². The molecule has 1 amide bonds. The molecular formula is C26H36N2O2. The summed E-state index contributed by atoms with van der Waals surface area (Å²) in [4.78, 5) is 27.9. The fourth-order valence-corrected chi connectivity index (χ4v) is 5.35. The molecule has 0 atom stereocenters. The molecule has 30 heavy (non-hydrogen) atoms. The van der Waals surface area contributed by atoms with Crippen LogP contribution in [0.2, 0.25) is 0 Å². The number of allylic oxidation sites excluding steroid dienone is 1. The number of nitrogens with one attached hydrogen (secondary N) is 1. The zero-order valence-corrected chi connectivity index (χ0v) is 19.0. The Labute approximate surface area is 181 Å². The molecule has 4 nitrogen and oxygen atoms in total. The smallest absolute Gasteiger partial charge is 0.225 e. The predicted molar refractivity (Wildman–Crippen MR) is 121 cm³/mol. The fourth-order valence-electron chi connectivity index (χ4n) is 5.35. The zero-order chi connectivity index (χ0) is 21.5. The maximum Gasteiger partial charge on any atom is 0.225 e. The SMILES string of the molecule is CC1(C)N/C(=C/C(=O)C2CCN(C(=O)C3CCCC3)CC2)c2ccccc2C1(C)C. The lowest BCUT2D eigenvalue weighted by Crippen LogP contribution is -2.56. The Kier molecular flexibility index (Phi) is 5.54. The molecule has 0 spiro atoms. The van der Waals surface area contributed by atoms with E-state index in [0.717, 1.165) is 50.0 Å². The largest absolute Gasteiger partial charge is 0.379 e. The number of hydrogen-bond donors (Lipinski definition) is 1. The summed E-state index contributed by atoms with van der Waals surface area (Å²) in [7, 11) is 0. The standard InChI is InChI=1S/C26H36N2O2/c1-25(2)21-12-8-7-11-20(21)22(27-26(25,3)4)17-23(29)18-13-15-28(16-14-18)24(30)19-9-5-6-10-19/h7-8,11-12,17-19,27H,5-6,9-10,13-16H2,1-4H3/b22-17+. The first-order valence-electron chi connectivity index (χ1n) is 11.6. The Bertz CT molecular complexity index is 854. The molecule has 0 aromatic heterocycles. The van der Waals surface area contributed by atoms with Crippen LogP contribution in [0.15, 0.2) is 30.3 Å². The van der Waals surface area contributed by atoms with Crippen molar-refractivity contribution >= 4 is 17.4 Å². The molecular weight excluding hydrogens is 372 g/mol. The van der Waals surface area contributed by atoms with Crippen LogP contribution < -0.4 is 5.32 Å². The highest BCUT2D eigenvalue weighted by atomic mass is 16.2. The monoisotopic (exact) mass is 408 g/mol. The van der Waals surface area contributed by atoms with E-state index >= 15 is 0 Å². The van der Waals surface area contributed by atoms with Gasteiger partial charge in [-0.3, -0.25) is 9.59 Å². The lowest BCUT2D eigenvalue weighted by molar-refractivity contribution is -0.138. The lowest BCUT2D eigenvalue weighted by atomic mass is 9.65. The topological polar surface area (TPSA) is 49.4 Å².